The van der Waals surface area contributed by atoms with Gasteiger partial charge in [-0.1, -0.05) is 36.4 Å². The third-order valence-corrected chi connectivity index (χ3v) is 4.87. The molecule has 0 fully saturated rings. The molecule has 166 valence electrons. The first-order chi connectivity index (χ1) is 15.5. The molecule has 0 spiro atoms. The Morgan fingerprint density at radius 1 is 0.812 bits per heavy atom. The van der Waals surface area contributed by atoms with Crippen LogP contribution in [0.25, 0.3) is 0 Å². The van der Waals surface area contributed by atoms with Crippen molar-refractivity contribution in [2.75, 3.05) is 18.5 Å². The summed E-state index contributed by atoms with van der Waals surface area (Å²) in [6.45, 7) is 6.78. The highest BCUT2D eigenvalue weighted by atomic mass is 16.5. The van der Waals surface area contributed by atoms with Crippen molar-refractivity contribution in [3.8, 4) is 11.5 Å². The van der Waals surface area contributed by atoms with Crippen LogP contribution in [0.4, 0.5) is 5.69 Å². The Hall–Kier alpha value is -3.80. The van der Waals surface area contributed by atoms with Crippen molar-refractivity contribution in [1.29, 1.82) is 0 Å². The zero-order chi connectivity index (χ0) is 22.9. The van der Waals surface area contributed by atoms with E-state index in [9.17, 15) is 9.59 Å². The van der Waals surface area contributed by atoms with Gasteiger partial charge in [-0.3, -0.25) is 9.59 Å². The van der Waals surface area contributed by atoms with E-state index in [2.05, 4.69) is 10.6 Å². The minimum Gasteiger partial charge on any atom is -0.490 e. The number of benzene rings is 3. The molecule has 0 aliphatic heterocycles. The van der Waals surface area contributed by atoms with E-state index in [4.69, 9.17) is 9.47 Å². The molecular formula is C26H28N2O4. The Labute approximate surface area is 188 Å². The van der Waals surface area contributed by atoms with Crippen LogP contribution in [0.3, 0.4) is 0 Å². The maximum absolute atomic E-state index is 13.0. The van der Waals surface area contributed by atoms with E-state index in [1.807, 2.05) is 45.0 Å². The molecule has 1 atom stereocenters. The molecule has 0 radical (unpaired) electrons. The summed E-state index contributed by atoms with van der Waals surface area (Å²) in [7, 11) is 0. The minimum absolute atomic E-state index is 0.272. The van der Waals surface area contributed by atoms with E-state index in [-0.39, 0.29) is 17.9 Å². The van der Waals surface area contributed by atoms with Crippen LogP contribution in [0.5, 0.6) is 11.5 Å². The lowest BCUT2D eigenvalue weighted by Crippen LogP contribution is -2.28. The molecule has 3 aromatic carbocycles. The molecule has 6 heteroatoms. The normalized spacial score (nSPS) is 11.3. The summed E-state index contributed by atoms with van der Waals surface area (Å²) in [5.74, 6) is 0.758. The molecule has 0 aromatic heterocycles. The number of anilines is 1. The second-order valence-corrected chi connectivity index (χ2v) is 7.13. The summed E-state index contributed by atoms with van der Waals surface area (Å²) in [6, 6.07) is 21.2. The van der Waals surface area contributed by atoms with Gasteiger partial charge >= 0.3 is 0 Å². The van der Waals surface area contributed by atoms with Gasteiger partial charge in [-0.25, -0.2) is 0 Å². The number of ether oxygens (including phenoxy) is 2. The number of nitrogens with one attached hydrogen (secondary N) is 2. The van der Waals surface area contributed by atoms with Gasteiger partial charge in [-0.15, -0.1) is 0 Å². The molecule has 32 heavy (non-hydrogen) atoms. The summed E-state index contributed by atoms with van der Waals surface area (Å²) in [4.78, 5) is 25.6. The minimum atomic E-state index is -0.284. The van der Waals surface area contributed by atoms with Crippen molar-refractivity contribution in [2.24, 2.45) is 0 Å². The third kappa shape index (κ3) is 5.66. The Kier molecular flexibility index (Phi) is 7.86. The van der Waals surface area contributed by atoms with Crippen LogP contribution in [-0.4, -0.2) is 25.0 Å². The second kappa shape index (κ2) is 11.0. The molecule has 3 rings (SSSR count). The highest BCUT2D eigenvalue weighted by molar-refractivity contribution is 6.09. The zero-order valence-electron chi connectivity index (χ0n) is 18.6. The SMILES string of the molecule is CCOc1ccc(C(C)NC(=O)c2ccccc2NC(=O)c2ccccc2)cc1OCC. The van der Waals surface area contributed by atoms with Crippen LogP contribution in [0.15, 0.2) is 72.8 Å². The van der Waals surface area contributed by atoms with E-state index < -0.39 is 0 Å². The quantitative estimate of drug-likeness (QED) is 0.486. The van der Waals surface area contributed by atoms with Crippen molar-refractivity contribution < 1.29 is 19.1 Å². The molecule has 0 heterocycles. The summed E-state index contributed by atoms with van der Waals surface area (Å²) in [5.41, 5.74) is 2.25. The maximum atomic E-state index is 13.0. The molecule has 2 amide bonds. The summed E-state index contributed by atoms with van der Waals surface area (Å²) in [5, 5.41) is 5.83. The lowest BCUT2D eigenvalue weighted by Gasteiger charge is -2.18. The molecule has 3 aromatic rings. The smallest absolute Gasteiger partial charge is 0.255 e. The average molecular weight is 433 g/mol. The van der Waals surface area contributed by atoms with Crippen molar-refractivity contribution in [1.82, 2.24) is 5.32 Å². The highest BCUT2D eigenvalue weighted by Crippen LogP contribution is 2.31. The Morgan fingerprint density at radius 3 is 2.19 bits per heavy atom. The van der Waals surface area contributed by atoms with Crippen LogP contribution in [0.1, 0.15) is 53.1 Å². The molecule has 0 saturated carbocycles. The van der Waals surface area contributed by atoms with Gasteiger partial charge in [0.1, 0.15) is 0 Å². The number of carbonyl (C=O) groups is 2. The molecule has 0 bridgehead atoms. The van der Waals surface area contributed by atoms with E-state index in [0.717, 1.165) is 5.56 Å². The van der Waals surface area contributed by atoms with Gasteiger partial charge in [0.15, 0.2) is 11.5 Å². The van der Waals surface area contributed by atoms with Crippen LogP contribution < -0.4 is 20.1 Å². The molecule has 1 unspecified atom stereocenters. The van der Waals surface area contributed by atoms with Gasteiger partial charge in [-0.05, 0) is 62.7 Å². The van der Waals surface area contributed by atoms with Gasteiger partial charge in [0.25, 0.3) is 11.8 Å². The summed E-state index contributed by atoms with van der Waals surface area (Å²) < 4.78 is 11.3. The maximum Gasteiger partial charge on any atom is 0.255 e. The number of hydrogen-bond acceptors (Lipinski definition) is 4. The van der Waals surface area contributed by atoms with E-state index in [1.54, 1.807) is 48.5 Å². The van der Waals surface area contributed by atoms with Crippen molar-refractivity contribution in [3.63, 3.8) is 0 Å². The molecular weight excluding hydrogens is 404 g/mol. The fraction of sp³-hybridized carbons (Fsp3) is 0.231. The van der Waals surface area contributed by atoms with Gasteiger partial charge < -0.3 is 20.1 Å². The second-order valence-electron chi connectivity index (χ2n) is 7.13. The zero-order valence-corrected chi connectivity index (χ0v) is 18.6. The first-order valence-corrected chi connectivity index (χ1v) is 10.7. The fourth-order valence-corrected chi connectivity index (χ4v) is 3.27. The largest absolute Gasteiger partial charge is 0.490 e. The van der Waals surface area contributed by atoms with Gasteiger partial charge in [0, 0.05) is 5.56 Å². The van der Waals surface area contributed by atoms with E-state index in [0.29, 0.717) is 41.5 Å². The fourth-order valence-electron chi connectivity index (χ4n) is 3.27. The third-order valence-electron chi connectivity index (χ3n) is 4.87. The summed E-state index contributed by atoms with van der Waals surface area (Å²) in [6.07, 6.45) is 0. The van der Waals surface area contributed by atoms with Crippen molar-refractivity contribution in [2.45, 2.75) is 26.8 Å². The number of para-hydroxylation sites is 1. The molecule has 0 aliphatic rings. The van der Waals surface area contributed by atoms with Gasteiger partial charge in [0.05, 0.1) is 30.5 Å². The molecule has 6 nitrogen and oxygen atoms in total. The molecule has 0 saturated heterocycles. The predicted molar refractivity (Wildman–Crippen MR) is 125 cm³/mol. The predicted octanol–water partition coefficient (Wildman–Crippen LogP) is 5.23. The molecule has 0 aliphatic carbocycles. The average Bonchev–Trinajstić information content (AvgIpc) is 2.81. The summed E-state index contributed by atoms with van der Waals surface area (Å²) >= 11 is 0. The molecule has 2 N–H and O–H groups in total. The number of carbonyl (C=O) groups excluding carboxylic acids is 2. The van der Waals surface area contributed by atoms with Crippen molar-refractivity contribution >= 4 is 17.5 Å². The first-order valence-electron chi connectivity index (χ1n) is 10.7. The Bertz CT molecular complexity index is 1070. The van der Waals surface area contributed by atoms with Crippen molar-refractivity contribution in [3.05, 3.63) is 89.5 Å². The lowest BCUT2D eigenvalue weighted by molar-refractivity contribution is 0.0940. The van der Waals surface area contributed by atoms with Crippen LogP contribution in [-0.2, 0) is 0 Å². The monoisotopic (exact) mass is 432 g/mol. The first kappa shape index (κ1) is 22.9. The standard InChI is InChI=1S/C26H28N2O4/c1-4-31-23-16-15-20(17-24(23)32-5-2)18(3)27-26(30)21-13-9-10-14-22(21)28-25(29)19-11-7-6-8-12-19/h6-18H,4-5H2,1-3H3,(H,27,30)(H,28,29). The van der Waals surface area contributed by atoms with E-state index >= 15 is 0 Å². The van der Waals surface area contributed by atoms with E-state index in [1.165, 1.54) is 0 Å². The van der Waals surface area contributed by atoms with Gasteiger partial charge in [0.2, 0.25) is 0 Å². The highest BCUT2D eigenvalue weighted by Gasteiger charge is 2.18. The van der Waals surface area contributed by atoms with Crippen LogP contribution in [0.2, 0.25) is 0 Å². The Morgan fingerprint density at radius 2 is 1.47 bits per heavy atom. The number of amides is 2. The number of rotatable bonds is 9. The Balaban J connectivity index is 1.76. The number of hydrogen-bond donors (Lipinski definition) is 2. The van der Waals surface area contributed by atoms with Gasteiger partial charge in [-0.2, -0.15) is 0 Å². The lowest BCUT2D eigenvalue weighted by atomic mass is 10.1. The van der Waals surface area contributed by atoms with Crippen LogP contribution in [0, 0.1) is 0 Å². The van der Waals surface area contributed by atoms with Crippen LogP contribution >= 0.6 is 0 Å². The topological polar surface area (TPSA) is 76.7 Å².